The van der Waals surface area contributed by atoms with Crippen LogP contribution in [0.5, 0.6) is 11.5 Å². The van der Waals surface area contributed by atoms with E-state index in [0.29, 0.717) is 17.3 Å². The molecule has 0 unspecified atom stereocenters. The van der Waals surface area contributed by atoms with Crippen molar-refractivity contribution in [2.45, 2.75) is 26.3 Å². The van der Waals surface area contributed by atoms with Crippen molar-refractivity contribution >= 4 is 17.4 Å². The van der Waals surface area contributed by atoms with Gasteiger partial charge in [-0.1, -0.05) is 25.1 Å². The molecule has 8 nitrogen and oxygen atoms in total. The minimum absolute atomic E-state index is 0.192. The molecular formula is C21H25N5O3. The molecule has 3 rings (SSSR count). The van der Waals surface area contributed by atoms with E-state index >= 15 is 0 Å². The summed E-state index contributed by atoms with van der Waals surface area (Å²) in [6.07, 6.45) is 0.964. The Bertz CT molecular complexity index is 969. The number of hydrogen-bond donors (Lipinski definition) is 3. The van der Waals surface area contributed by atoms with Gasteiger partial charge in [-0.15, -0.1) is 10.2 Å². The lowest BCUT2D eigenvalue weighted by atomic mass is 10.1. The number of ether oxygens (including phenoxy) is 2. The fraction of sp³-hybridized carbons (Fsp3) is 0.286. The summed E-state index contributed by atoms with van der Waals surface area (Å²) in [5.41, 5.74) is 3.14. The monoisotopic (exact) mass is 395 g/mol. The molecule has 0 saturated heterocycles. The van der Waals surface area contributed by atoms with Gasteiger partial charge < -0.3 is 20.1 Å². The van der Waals surface area contributed by atoms with E-state index in [2.05, 4.69) is 33.0 Å². The standard InChI is InChI=1S/C21H25N5O3/c1-5-14-6-9-16(10-7-14)23-20-19(24-26-25-20)21(27)22-13(2)15-8-11-17(28-3)18(12-15)29-4/h6-13H,5H2,1-4H3,(H,22,27)(H2,23,24,25,26)/t13-/m0/s1. The highest BCUT2D eigenvalue weighted by molar-refractivity contribution is 5.97. The third kappa shape index (κ3) is 4.66. The number of aromatic amines is 1. The molecule has 29 heavy (non-hydrogen) atoms. The second-order valence-corrected chi connectivity index (χ2v) is 6.51. The van der Waals surface area contributed by atoms with Crippen LogP contribution in [0.15, 0.2) is 42.5 Å². The van der Waals surface area contributed by atoms with Crippen LogP contribution < -0.4 is 20.1 Å². The minimum atomic E-state index is -0.339. The van der Waals surface area contributed by atoms with Gasteiger partial charge >= 0.3 is 0 Å². The summed E-state index contributed by atoms with van der Waals surface area (Å²) >= 11 is 0. The molecule has 1 amide bonds. The van der Waals surface area contributed by atoms with Crippen molar-refractivity contribution in [2.75, 3.05) is 19.5 Å². The van der Waals surface area contributed by atoms with Gasteiger partial charge in [0.1, 0.15) is 0 Å². The van der Waals surface area contributed by atoms with Crippen molar-refractivity contribution in [3.63, 3.8) is 0 Å². The van der Waals surface area contributed by atoms with Gasteiger partial charge in [0.25, 0.3) is 5.91 Å². The quantitative estimate of drug-likeness (QED) is 0.539. The highest BCUT2D eigenvalue weighted by Crippen LogP contribution is 2.30. The zero-order chi connectivity index (χ0) is 20.8. The molecule has 3 aromatic rings. The maximum Gasteiger partial charge on any atom is 0.276 e. The molecule has 1 atom stereocenters. The molecule has 0 bridgehead atoms. The summed E-state index contributed by atoms with van der Waals surface area (Å²) in [4.78, 5) is 12.7. The van der Waals surface area contributed by atoms with Gasteiger partial charge in [-0.25, -0.2) is 0 Å². The van der Waals surface area contributed by atoms with Crippen molar-refractivity contribution < 1.29 is 14.3 Å². The van der Waals surface area contributed by atoms with E-state index in [1.807, 2.05) is 43.3 Å². The normalized spacial score (nSPS) is 11.6. The molecule has 0 radical (unpaired) electrons. The zero-order valence-corrected chi connectivity index (χ0v) is 16.9. The predicted octanol–water partition coefficient (Wildman–Crippen LogP) is 3.62. The number of rotatable bonds is 8. The maximum atomic E-state index is 12.7. The maximum absolute atomic E-state index is 12.7. The number of methoxy groups -OCH3 is 2. The van der Waals surface area contributed by atoms with Crippen LogP contribution in [0.3, 0.4) is 0 Å². The molecule has 0 aliphatic carbocycles. The number of anilines is 2. The minimum Gasteiger partial charge on any atom is -0.493 e. The summed E-state index contributed by atoms with van der Waals surface area (Å²) in [6, 6.07) is 13.2. The summed E-state index contributed by atoms with van der Waals surface area (Å²) in [6.45, 7) is 3.98. The van der Waals surface area contributed by atoms with Crippen molar-refractivity contribution in [3.05, 3.63) is 59.3 Å². The van der Waals surface area contributed by atoms with Gasteiger partial charge in [0, 0.05) is 5.69 Å². The Morgan fingerprint density at radius 2 is 1.79 bits per heavy atom. The topological polar surface area (TPSA) is 101 Å². The van der Waals surface area contributed by atoms with Crippen LogP contribution in [-0.2, 0) is 6.42 Å². The van der Waals surface area contributed by atoms with Crippen LogP contribution >= 0.6 is 0 Å². The van der Waals surface area contributed by atoms with Crippen LogP contribution in [0.25, 0.3) is 0 Å². The largest absolute Gasteiger partial charge is 0.493 e. The summed E-state index contributed by atoms with van der Waals surface area (Å²) in [5, 5.41) is 16.6. The number of benzene rings is 2. The van der Waals surface area contributed by atoms with Crippen molar-refractivity contribution in [3.8, 4) is 11.5 Å². The van der Waals surface area contributed by atoms with Gasteiger partial charge in [0.2, 0.25) is 0 Å². The fourth-order valence-electron chi connectivity index (χ4n) is 2.91. The highest BCUT2D eigenvalue weighted by Gasteiger charge is 2.20. The van der Waals surface area contributed by atoms with Crippen molar-refractivity contribution in [1.29, 1.82) is 0 Å². The molecule has 0 spiro atoms. The Kier molecular flexibility index (Phi) is 6.33. The third-order valence-corrected chi connectivity index (χ3v) is 4.64. The van der Waals surface area contributed by atoms with Crippen LogP contribution in [-0.4, -0.2) is 35.5 Å². The van der Waals surface area contributed by atoms with E-state index in [1.54, 1.807) is 20.3 Å². The first kappa shape index (κ1) is 20.2. The first-order valence-electron chi connectivity index (χ1n) is 9.35. The zero-order valence-electron chi connectivity index (χ0n) is 16.9. The fourth-order valence-corrected chi connectivity index (χ4v) is 2.91. The Balaban J connectivity index is 1.72. The summed E-state index contributed by atoms with van der Waals surface area (Å²) < 4.78 is 10.6. The molecule has 8 heteroatoms. The van der Waals surface area contributed by atoms with E-state index in [0.717, 1.165) is 17.7 Å². The molecule has 0 fully saturated rings. The number of aryl methyl sites for hydroxylation is 1. The Hall–Kier alpha value is -3.55. The molecular weight excluding hydrogens is 370 g/mol. The van der Waals surface area contributed by atoms with Crippen LogP contribution in [0.2, 0.25) is 0 Å². The van der Waals surface area contributed by atoms with Gasteiger partial charge in [0.05, 0.1) is 20.3 Å². The Morgan fingerprint density at radius 3 is 2.45 bits per heavy atom. The first-order chi connectivity index (χ1) is 14.0. The number of H-pyrrole nitrogens is 1. The number of nitrogens with zero attached hydrogens (tertiary/aromatic N) is 2. The lowest BCUT2D eigenvalue weighted by Crippen LogP contribution is -2.27. The van der Waals surface area contributed by atoms with E-state index in [-0.39, 0.29) is 17.6 Å². The third-order valence-electron chi connectivity index (χ3n) is 4.64. The molecule has 0 aliphatic heterocycles. The Labute approximate surface area is 169 Å². The van der Waals surface area contributed by atoms with Crippen molar-refractivity contribution in [1.82, 2.24) is 20.7 Å². The second-order valence-electron chi connectivity index (χ2n) is 6.51. The van der Waals surface area contributed by atoms with Crippen LogP contribution in [0, 0.1) is 0 Å². The van der Waals surface area contributed by atoms with Gasteiger partial charge in [-0.3, -0.25) is 4.79 Å². The molecule has 1 aromatic heterocycles. The van der Waals surface area contributed by atoms with Gasteiger partial charge in [-0.2, -0.15) is 5.21 Å². The smallest absolute Gasteiger partial charge is 0.276 e. The molecule has 3 N–H and O–H groups in total. The van der Waals surface area contributed by atoms with Crippen LogP contribution in [0.4, 0.5) is 11.5 Å². The number of nitrogens with one attached hydrogen (secondary N) is 3. The molecule has 2 aromatic carbocycles. The molecule has 1 heterocycles. The molecule has 152 valence electrons. The van der Waals surface area contributed by atoms with E-state index < -0.39 is 0 Å². The predicted molar refractivity (Wildman–Crippen MR) is 111 cm³/mol. The number of amides is 1. The molecule has 0 aliphatic rings. The first-order valence-corrected chi connectivity index (χ1v) is 9.35. The van der Waals surface area contributed by atoms with Crippen LogP contribution in [0.1, 0.15) is 41.5 Å². The summed E-state index contributed by atoms with van der Waals surface area (Å²) in [7, 11) is 3.16. The van der Waals surface area contributed by atoms with Crippen molar-refractivity contribution in [2.24, 2.45) is 0 Å². The molecule has 0 saturated carbocycles. The Morgan fingerprint density at radius 1 is 1.07 bits per heavy atom. The van der Waals surface area contributed by atoms with E-state index in [9.17, 15) is 4.79 Å². The van der Waals surface area contributed by atoms with Gasteiger partial charge in [-0.05, 0) is 48.7 Å². The average molecular weight is 395 g/mol. The number of carbonyl (C=O) groups excluding carboxylic acids is 1. The van der Waals surface area contributed by atoms with Gasteiger partial charge in [0.15, 0.2) is 23.0 Å². The lowest BCUT2D eigenvalue weighted by Gasteiger charge is -2.16. The number of carbonyl (C=O) groups is 1. The lowest BCUT2D eigenvalue weighted by molar-refractivity contribution is 0.0935. The van der Waals surface area contributed by atoms with E-state index in [1.165, 1.54) is 5.56 Å². The average Bonchev–Trinajstić information content (AvgIpc) is 3.21. The number of hydrogen-bond acceptors (Lipinski definition) is 6. The second kappa shape index (κ2) is 9.09. The SMILES string of the molecule is CCc1ccc(Nc2n[nH]nc2C(=O)N[C@@H](C)c2ccc(OC)c(OC)c2)cc1. The highest BCUT2D eigenvalue weighted by atomic mass is 16.5. The number of aromatic nitrogens is 3. The summed E-state index contributed by atoms with van der Waals surface area (Å²) in [5.74, 6) is 1.26. The van der Waals surface area contributed by atoms with E-state index in [4.69, 9.17) is 9.47 Å².